The van der Waals surface area contributed by atoms with Gasteiger partial charge in [0.15, 0.2) is 0 Å². The summed E-state index contributed by atoms with van der Waals surface area (Å²) in [6.07, 6.45) is 4.94. The molecule has 1 saturated heterocycles. The highest BCUT2D eigenvalue weighted by Gasteiger charge is 2.38. The number of nitrogens with one attached hydrogen (secondary N) is 1. The molecule has 1 heterocycles. The first-order chi connectivity index (χ1) is 8.92. The molecule has 1 rings (SSSR count). The number of hydrogen-bond acceptors (Lipinski definition) is 4. The highest BCUT2D eigenvalue weighted by atomic mass is 16.5. The van der Waals surface area contributed by atoms with Crippen molar-refractivity contribution in [3.63, 3.8) is 0 Å². The standard InChI is InChI=1S/C15H30N2O2/c1-6-13-9-7-8-10-17(13)11-15(4,14(18)19-5)16-12(2)3/h12-13,16H,6-11H2,1-5H3. The van der Waals surface area contributed by atoms with E-state index in [0.29, 0.717) is 6.04 Å². The highest BCUT2D eigenvalue weighted by Crippen LogP contribution is 2.22. The summed E-state index contributed by atoms with van der Waals surface area (Å²) in [5.41, 5.74) is -0.617. The number of piperidine rings is 1. The summed E-state index contributed by atoms with van der Waals surface area (Å²) in [6, 6.07) is 0.862. The molecule has 0 saturated carbocycles. The predicted octanol–water partition coefficient (Wildman–Crippen LogP) is 2.18. The van der Waals surface area contributed by atoms with Gasteiger partial charge < -0.3 is 4.74 Å². The Balaban J connectivity index is 2.78. The number of esters is 1. The molecule has 0 radical (unpaired) electrons. The Morgan fingerprint density at radius 1 is 1.47 bits per heavy atom. The monoisotopic (exact) mass is 270 g/mol. The van der Waals surface area contributed by atoms with E-state index >= 15 is 0 Å². The summed E-state index contributed by atoms with van der Waals surface area (Å²) in [6.45, 7) is 10.1. The zero-order valence-corrected chi connectivity index (χ0v) is 13.2. The van der Waals surface area contributed by atoms with Gasteiger partial charge in [0.2, 0.25) is 0 Å². The van der Waals surface area contributed by atoms with Crippen LogP contribution in [0.1, 0.15) is 53.4 Å². The Kier molecular flexibility index (Phi) is 6.27. The molecule has 19 heavy (non-hydrogen) atoms. The van der Waals surface area contributed by atoms with E-state index in [4.69, 9.17) is 4.74 Å². The first kappa shape index (κ1) is 16.4. The third-order valence-corrected chi connectivity index (χ3v) is 3.98. The van der Waals surface area contributed by atoms with Crippen LogP contribution in [-0.2, 0) is 9.53 Å². The van der Waals surface area contributed by atoms with Crippen molar-refractivity contribution in [1.29, 1.82) is 0 Å². The van der Waals surface area contributed by atoms with E-state index in [9.17, 15) is 4.79 Å². The van der Waals surface area contributed by atoms with E-state index in [1.54, 1.807) is 0 Å². The van der Waals surface area contributed by atoms with Crippen LogP contribution < -0.4 is 5.32 Å². The number of carbonyl (C=O) groups is 1. The van der Waals surface area contributed by atoms with E-state index in [1.165, 1.54) is 26.4 Å². The van der Waals surface area contributed by atoms with Gasteiger partial charge in [-0.2, -0.15) is 0 Å². The summed E-state index contributed by atoms with van der Waals surface area (Å²) in [7, 11) is 1.47. The molecule has 0 bridgehead atoms. The molecule has 1 aliphatic rings. The maximum absolute atomic E-state index is 12.1. The van der Waals surface area contributed by atoms with Gasteiger partial charge in [-0.25, -0.2) is 0 Å². The molecule has 0 amide bonds. The molecule has 1 aliphatic heterocycles. The van der Waals surface area contributed by atoms with Gasteiger partial charge in [0.1, 0.15) is 5.54 Å². The molecule has 112 valence electrons. The van der Waals surface area contributed by atoms with Crippen molar-refractivity contribution in [3.05, 3.63) is 0 Å². The molecule has 0 aromatic rings. The fourth-order valence-electron chi connectivity index (χ4n) is 3.17. The first-order valence-electron chi connectivity index (χ1n) is 7.53. The molecule has 4 heteroatoms. The van der Waals surface area contributed by atoms with Crippen LogP contribution >= 0.6 is 0 Å². The minimum atomic E-state index is -0.617. The van der Waals surface area contributed by atoms with Crippen LogP contribution in [0.5, 0.6) is 0 Å². The van der Waals surface area contributed by atoms with Crippen LogP contribution in [0.25, 0.3) is 0 Å². The van der Waals surface area contributed by atoms with Crippen molar-refractivity contribution in [2.45, 2.75) is 71.0 Å². The number of hydrogen-bond donors (Lipinski definition) is 1. The summed E-state index contributed by atoms with van der Waals surface area (Å²) in [5.74, 6) is -0.165. The fourth-order valence-corrected chi connectivity index (χ4v) is 3.17. The molecule has 4 nitrogen and oxygen atoms in total. The lowest BCUT2D eigenvalue weighted by Gasteiger charge is -2.41. The van der Waals surface area contributed by atoms with Crippen LogP contribution in [0.15, 0.2) is 0 Å². The topological polar surface area (TPSA) is 41.6 Å². The first-order valence-corrected chi connectivity index (χ1v) is 7.53. The van der Waals surface area contributed by atoms with Gasteiger partial charge in [-0.3, -0.25) is 15.0 Å². The van der Waals surface area contributed by atoms with Gasteiger partial charge in [-0.1, -0.05) is 13.3 Å². The molecule has 0 spiro atoms. The van der Waals surface area contributed by atoms with E-state index in [2.05, 4.69) is 31.0 Å². The third kappa shape index (κ3) is 4.46. The second-order valence-corrected chi connectivity index (χ2v) is 6.15. The van der Waals surface area contributed by atoms with Gasteiger partial charge >= 0.3 is 5.97 Å². The average Bonchev–Trinajstić information content (AvgIpc) is 2.37. The lowest BCUT2D eigenvalue weighted by molar-refractivity contribution is -0.149. The Bertz CT molecular complexity index is 294. The van der Waals surface area contributed by atoms with Gasteiger partial charge in [-0.05, 0) is 46.6 Å². The second kappa shape index (κ2) is 7.25. The maximum Gasteiger partial charge on any atom is 0.327 e. The molecular weight excluding hydrogens is 240 g/mol. The Morgan fingerprint density at radius 3 is 2.68 bits per heavy atom. The largest absolute Gasteiger partial charge is 0.468 e. The van der Waals surface area contributed by atoms with Crippen molar-refractivity contribution < 1.29 is 9.53 Å². The zero-order chi connectivity index (χ0) is 14.5. The Hall–Kier alpha value is -0.610. The summed E-state index contributed by atoms with van der Waals surface area (Å²) < 4.78 is 5.00. The molecule has 1 fully saturated rings. The van der Waals surface area contributed by atoms with Gasteiger partial charge in [0, 0.05) is 18.6 Å². The van der Waals surface area contributed by atoms with Crippen LogP contribution in [0.4, 0.5) is 0 Å². The van der Waals surface area contributed by atoms with E-state index in [-0.39, 0.29) is 12.0 Å². The molecule has 1 N–H and O–H groups in total. The van der Waals surface area contributed by atoms with Crippen molar-refractivity contribution in [1.82, 2.24) is 10.2 Å². The third-order valence-electron chi connectivity index (χ3n) is 3.98. The summed E-state index contributed by atoms with van der Waals surface area (Å²) in [5, 5.41) is 3.38. The summed E-state index contributed by atoms with van der Waals surface area (Å²) >= 11 is 0. The van der Waals surface area contributed by atoms with E-state index in [0.717, 1.165) is 19.5 Å². The lowest BCUT2D eigenvalue weighted by atomic mass is 9.94. The van der Waals surface area contributed by atoms with Gasteiger partial charge in [0.25, 0.3) is 0 Å². The number of ether oxygens (including phenoxy) is 1. The van der Waals surface area contributed by atoms with Crippen molar-refractivity contribution in [3.8, 4) is 0 Å². The van der Waals surface area contributed by atoms with Crippen molar-refractivity contribution in [2.75, 3.05) is 20.2 Å². The number of nitrogens with zero attached hydrogens (tertiary/aromatic N) is 1. The van der Waals surface area contributed by atoms with E-state index < -0.39 is 5.54 Å². The van der Waals surface area contributed by atoms with Crippen LogP contribution in [0, 0.1) is 0 Å². The van der Waals surface area contributed by atoms with E-state index in [1.807, 2.05) is 6.92 Å². The van der Waals surface area contributed by atoms with Crippen molar-refractivity contribution in [2.24, 2.45) is 0 Å². The lowest BCUT2D eigenvalue weighted by Crippen LogP contribution is -2.61. The fraction of sp³-hybridized carbons (Fsp3) is 0.933. The van der Waals surface area contributed by atoms with Crippen molar-refractivity contribution >= 4 is 5.97 Å². The normalized spacial score (nSPS) is 24.2. The minimum Gasteiger partial charge on any atom is -0.468 e. The average molecular weight is 270 g/mol. The number of carbonyl (C=O) groups excluding carboxylic acids is 1. The molecule has 0 aromatic carbocycles. The molecule has 2 atom stereocenters. The second-order valence-electron chi connectivity index (χ2n) is 6.15. The maximum atomic E-state index is 12.1. The molecule has 0 aromatic heterocycles. The number of methoxy groups -OCH3 is 1. The number of likely N-dealkylation sites (tertiary alicyclic amines) is 1. The number of rotatable bonds is 6. The van der Waals surface area contributed by atoms with Crippen LogP contribution in [-0.4, -0.2) is 48.7 Å². The van der Waals surface area contributed by atoms with Crippen LogP contribution in [0.3, 0.4) is 0 Å². The Labute approximate surface area is 117 Å². The molecular formula is C15H30N2O2. The van der Waals surface area contributed by atoms with Crippen LogP contribution in [0.2, 0.25) is 0 Å². The smallest absolute Gasteiger partial charge is 0.327 e. The van der Waals surface area contributed by atoms with Gasteiger partial charge in [0.05, 0.1) is 7.11 Å². The summed E-state index contributed by atoms with van der Waals surface area (Å²) in [4.78, 5) is 14.6. The minimum absolute atomic E-state index is 0.165. The molecule has 2 unspecified atom stereocenters. The predicted molar refractivity (Wildman–Crippen MR) is 78.2 cm³/mol. The zero-order valence-electron chi connectivity index (χ0n) is 13.2. The quantitative estimate of drug-likeness (QED) is 0.751. The highest BCUT2D eigenvalue weighted by molar-refractivity contribution is 5.80. The Morgan fingerprint density at radius 2 is 2.16 bits per heavy atom. The van der Waals surface area contributed by atoms with Gasteiger partial charge in [-0.15, -0.1) is 0 Å². The SMILES string of the molecule is CCC1CCCCN1CC(C)(NC(C)C)C(=O)OC. The molecule has 0 aliphatic carbocycles.